The Hall–Kier alpha value is -3.97. The van der Waals surface area contributed by atoms with Crippen LogP contribution in [0.2, 0.25) is 5.02 Å². The van der Waals surface area contributed by atoms with E-state index in [1.807, 2.05) is 0 Å². The van der Waals surface area contributed by atoms with Gasteiger partial charge in [0.05, 0.1) is 26.7 Å². The molecule has 0 aliphatic carbocycles. The fourth-order valence-electron chi connectivity index (χ4n) is 2.87. The zero-order valence-electron chi connectivity index (χ0n) is 17.2. The minimum absolute atomic E-state index is 0.0310. The lowest BCUT2D eigenvalue weighted by atomic mass is 10.1. The summed E-state index contributed by atoms with van der Waals surface area (Å²) in [6.45, 7) is 0. The summed E-state index contributed by atoms with van der Waals surface area (Å²) in [4.78, 5) is 39.0. The maximum Gasteiger partial charge on any atom is 0.490 e. The monoisotopic (exact) mass is 527 g/mol. The molecule has 0 fully saturated rings. The van der Waals surface area contributed by atoms with E-state index in [4.69, 9.17) is 21.5 Å². The summed E-state index contributed by atoms with van der Waals surface area (Å²) < 4.78 is 59.0. The highest BCUT2D eigenvalue weighted by Crippen LogP contribution is 2.33. The van der Waals surface area contributed by atoms with Crippen LogP contribution < -0.4 is 9.62 Å². The number of carbonyl (C=O) groups is 3. The van der Waals surface area contributed by atoms with Crippen LogP contribution in [0.5, 0.6) is 0 Å². The number of benzene rings is 2. The fraction of sp³-hybridized carbons (Fsp3) is 0.0476. The van der Waals surface area contributed by atoms with Gasteiger partial charge in [-0.2, -0.15) is 13.2 Å². The summed E-state index contributed by atoms with van der Waals surface area (Å²) in [7, 11) is -3.86. The van der Waals surface area contributed by atoms with E-state index in [1.54, 1.807) is 18.2 Å². The first kappa shape index (κ1) is 25.6. The minimum Gasteiger partial charge on any atom is -0.475 e. The maximum absolute atomic E-state index is 12.6. The molecule has 3 aromatic rings. The van der Waals surface area contributed by atoms with Gasteiger partial charge in [-0.15, -0.1) is 0 Å². The lowest BCUT2D eigenvalue weighted by Crippen LogP contribution is -2.29. The molecule has 0 radical (unpaired) electrons. The van der Waals surface area contributed by atoms with Crippen LogP contribution in [0.1, 0.15) is 20.7 Å². The number of nitrogens with one attached hydrogen (secondary N) is 1. The molecule has 2 heterocycles. The molecule has 0 saturated carbocycles. The molecule has 0 atom stereocenters. The smallest absolute Gasteiger partial charge is 0.475 e. The van der Waals surface area contributed by atoms with Crippen LogP contribution >= 0.6 is 11.6 Å². The third kappa shape index (κ3) is 5.58. The van der Waals surface area contributed by atoms with Gasteiger partial charge in [-0.1, -0.05) is 23.7 Å². The molecule has 0 spiro atoms. The van der Waals surface area contributed by atoms with E-state index in [2.05, 4.69) is 9.71 Å². The van der Waals surface area contributed by atoms with Crippen LogP contribution in [0.25, 0.3) is 0 Å². The third-order valence-electron chi connectivity index (χ3n) is 4.42. The van der Waals surface area contributed by atoms with Crippen LogP contribution in [0.15, 0.2) is 71.8 Å². The summed E-state index contributed by atoms with van der Waals surface area (Å²) in [6.07, 6.45) is -3.62. The molecule has 2 amide bonds. The number of rotatable bonds is 4. The van der Waals surface area contributed by atoms with Crippen molar-refractivity contribution in [1.29, 1.82) is 0 Å². The molecule has 0 unspecified atom stereocenters. The Morgan fingerprint density at radius 1 is 0.971 bits per heavy atom. The van der Waals surface area contributed by atoms with Crippen molar-refractivity contribution in [2.75, 3.05) is 9.62 Å². The Morgan fingerprint density at radius 2 is 1.60 bits per heavy atom. The molecule has 0 saturated heterocycles. The number of amides is 2. The Bertz CT molecular complexity index is 1400. The van der Waals surface area contributed by atoms with E-state index in [0.29, 0.717) is 0 Å². The summed E-state index contributed by atoms with van der Waals surface area (Å²) in [5, 5.41) is 7.32. The first-order valence-electron chi connectivity index (χ1n) is 9.34. The van der Waals surface area contributed by atoms with Crippen molar-refractivity contribution in [3.05, 3.63) is 83.0 Å². The zero-order valence-corrected chi connectivity index (χ0v) is 18.7. The average molecular weight is 528 g/mol. The standard InChI is InChI=1S/C19H12ClN3O4S.C2HF3O2/c20-15-5-3-4-14-17(15)19(25)23(18(14)24)12-7-9-13(10-8-12)28(26,27)22-16-6-1-2-11-21-16;3-2(4,5)1(6)7/h1-11H,(H,21,22);(H,6,7). The minimum atomic E-state index is -5.08. The largest absolute Gasteiger partial charge is 0.490 e. The number of halogens is 4. The fourth-order valence-corrected chi connectivity index (χ4v) is 4.14. The Balaban J connectivity index is 0.000000429. The number of hydrogen-bond acceptors (Lipinski definition) is 6. The summed E-state index contributed by atoms with van der Waals surface area (Å²) in [5.41, 5.74) is 0.604. The second-order valence-corrected chi connectivity index (χ2v) is 8.82. The Labute approximate surface area is 200 Å². The number of alkyl halides is 3. The molecule has 1 aromatic heterocycles. The molecule has 1 aliphatic rings. The van der Waals surface area contributed by atoms with Gasteiger partial charge in [-0.05, 0) is 48.5 Å². The Morgan fingerprint density at radius 3 is 2.11 bits per heavy atom. The van der Waals surface area contributed by atoms with Crippen molar-refractivity contribution in [1.82, 2.24) is 4.98 Å². The Kier molecular flexibility index (Phi) is 7.12. The van der Waals surface area contributed by atoms with Crippen molar-refractivity contribution in [2.24, 2.45) is 0 Å². The lowest BCUT2D eigenvalue weighted by molar-refractivity contribution is -0.192. The highest BCUT2D eigenvalue weighted by molar-refractivity contribution is 7.92. The first-order chi connectivity index (χ1) is 16.3. The number of sulfonamides is 1. The number of carbonyl (C=O) groups excluding carboxylic acids is 2. The van der Waals surface area contributed by atoms with Crippen LogP contribution in [-0.4, -0.2) is 42.5 Å². The van der Waals surface area contributed by atoms with E-state index < -0.39 is 34.0 Å². The molecule has 2 aromatic carbocycles. The van der Waals surface area contributed by atoms with Crippen LogP contribution in [0.4, 0.5) is 24.7 Å². The summed E-state index contributed by atoms with van der Waals surface area (Å²) in [5.74, 6) is -3.63. The SMILES string of the molecule is O=C(O)C(F)(F)F.O=C1c2cccc(Cl)c2C(=O)N1c1ccc(S(=O)(=O)Nc2ccccn2)cc1. The molecule has 2 N–H and O–H groups in total. The molecule has 182 valence electrons. The zero-order chi connectivity index (χ0) is 26.0. The van der Waals surface area contributed by atoms with Crippen molar-refractivity contribution >= 4 is 50.9 Å². The van der Waals surface area contributed by atoms with E-state index in [1.165, 1.54) is 48.7 Å². The average Bonchev–Trinajstić information content (AvgIpc) is 3.05. The van der Waals surface area contributed by atoms with Gasteiger partial charge in [0.25, 0.3) is 21.8 Å². The number of pyridine rings is 1. The summed E-state index contributed by atoms with van der Waals surface area (Å²) in [6, 6.07) is 14.9. The van der Waals surface area contributed by atoms with Crippen LogP contribution in [0.3, 0.4) is 0 Å². The van der Waals surface area contributed by atoms with Gasteiger partial charge < -0.3 is 5.11 Å². The molecule has 9 nitrogen and oxygen atoms in total. The molecule has 4 rings (SSSR count). The predicted octanol–water partition coefficient (Wildman–Crippen LogP) is 3.97. The van der Waals surface area contributed by atoms with Crippen LogP contribution in [-0.2, 0) is 14.8 Å². The number of carboxylic acid groups (broad SMARTS) is 1. The summed E-state index contributed by atoms with van der Waals surface area (Å²) >= 11 is 6.05. The van der Waals surface area contributed by atoms with Gasteiger partial charge >= 0.3 is 12.1 Å². The third-order valence-corrected chi connectivity index (χ3v) is 6.10. The van der Waals surface area contributed by atoms with E-state index in [0.717, 1.165) is 4.90 Å². The van der Waals surface area contributed by atoms with Crippen molar-refractivity contribution in [3.63, 3.8) is 0 Å². The normalized spacial score (nSPS) is 13.1. The predicted molar refractivity (Wildman–Crippen MR) is 118 cm³/mol. The number of aliphatic carboxylic acids is 1. The van der Waals surface area contributed by atoms with Gasteiger partial charge in [0, 0.05) is 6.20 Å². The van der Waals surface area contributed by atoms with Gasteiger partial charge in [0.1, 0.15) is 5.82 Å². The van der Waals surface area contributed by atoms with Crippen molar-refractivity contribution < 1.29 is 41.1 Å². The van der Waals surface area contributed by atoms with E-state index >= 15 is 0 Å². The van der Waals surface area contributed by atoms with E-state index in [9.17, 15) is 31.2 Å². The highest BCUT2D eigenvalue weighted by Gasteiger charge is 2.39. The quantitative estimate of drug-likeness (QED) is 0.490. The van der Waals surface area contributed by atoms with E-state index in [-0.39, 0.29) is 32.6 Å². The topological polar surface area (TPSA) is 134 Å². The van der Waals surface area contributed by atoms with Gasteiger partial charge in [0.15, 0.2) is 0 Å². The van der Waals surface area contributed by atoms with Gasteiger partial charge in [0.2, 0.25) is 0 Å². The number of nitrogens with zero attached hydrogens (tertiary/aromatic N) is 2. The molecular formula is C21H13ClF3N3O6S. The second-order valence-electron chi connectivity index (χ2n) is 6.73. The molecule has 35 heavy (non-hydrogen) atoms. The number of aromatic nitrogens is 1. The number of fused-ring (bicyclic) bond motifs is 1. The molecule has 14 heteroatoms. The number of hydrogen-bond donors (Lipinski definition) is 2. The van der Waals surface area contributed by atoms with Crippen molar-refractivity contribution in [3.8, 4) is 0 Å². The second kappa shape index (κ2) is 9.72. The highest BCUT2D eigenvalue weighted by atomic mass is 35.5. The molecular weight excluding hydrogens is 515 g/mol. The number of anilines is 2. The molecule has 1 aliphatic heterocycles. The number of imide groups is 1. The lowest BCUT2D eigenvalue weighted by Gasteiger charge is -2.14. The maximum atomic E-state index is 12.6. The first-order valence-corrected chi connectivity index (χ1v) is 11.2. The molecule has 0 bridgehead atoms. The van der Waals surface area contributed by atoms with Crippen molar-refractivity contribution in [2.45, 2.75) is 11.1 Å². The van der Waals surface area contributed by atoms with Gasteiger partial charge in [-0.25, -0.2) is 23.1 Å². The van der Waals surface area contributed by atoms with Crippen LogP contribution in [0, 0.1) is 0 Å². The number of carboxylic acids is 1. The van der Waals surface area contributed by atoms with Gasteiger partial charge in [-0.3, -0.25) is 14.3 Å².